The standard InChI is InChI=1S/C24H40N4O3/c1-4-19(3)23(29)28-22-9-6-8-21(16-22)17-27-24(25-5-2)26-12-7-13-31-18-20-10-14-30-15-11-20/h6,8-9,16,19-20H,4-5,7,10-15,17-18H2,1-3H3,(H,28,29)(H2,25,26,27). The Kier molecular flexibility index (Phi) is 12.0. The predicted octanol–water partition coefficient (Wildman–Crippen LogP) is 3.56. The van der Waals surface area contributed by atoms with Crippen LogP contribution in [0.15, 0.2) is 29.3 Å². The number of carbonyl (C=O) groups excluding carboxylic acids is 1. The van der Waals surface area contributed by atoms with Crippen molar-refractivity contribution in [3.63, 3.8) is 0 Å². The van der Waals surface area contributed by atoms with E-state index in [2.05, 4.69) is 27.9 Å². The van der Waals surface area contributed by atoms with Crippen LogP contribution in [0.1, 0.15) is 52.0 Å². The van der Waals surface area contributed by atoms with E-state index in [1.54, 1.807) is 0 Å². The fourth-order valence-corrected chi connectivity index (χ4v) is 3.25. The van der Waals surface area contributed by atoms with Crippen LogP contribution >= 0.6 is 0 Å². The van der Waals surface area contributed by atoms with Crippen LogP contribution in [-0.2, 0) is 20.8 Å². The van der Waals surface area contributed by atoms with Gasteiger partial charge in [-0.1, -0.05) is 26.0 Å². The van der Waals surface area contributed by atoms with Crippen molar-refractivity contribution < 1.29 is 14.3 Å². The van der Waals surface area contributed by atoms with E-state index in [9.17, 15) is 4.79 Å². The molecule has 2 rings (SSSR count). The Labute approximate surface area is 187 Å². The monoisotopic (exact) mass is 432 g/mol. The Bertz CT molecular complexity index is 675. The molecule has 0 saturated carbocycles. The fourth-order valence-electron chi connectivity index (χ4n) is 3.25. The summed E-state index contributed by atoms with van der Waals surface area (Å²) in [4.78, 5) is 16.8. The molecular weight excluding hydrogens is 392 g/mol. The molecule has 3 N–H and O–H groups in total. The summed E-state index contributed by atoms with van der Waals surface area (Å²) in [5, 5.41) is 9.63. The molecule has 1 heterocycles. The lowest BCUT2D eigenvalue weighted by Gasteiger charge is -2.21. The van der Waals surface area contributed by atoms with E-state index >= 15 is 0 Å². The van der Waals surface area contributed by atoms with Crippen molar-refractivity contribution in [3.05, 3.63) is 29.8 Å². The summed E-state index contributed by atoms with van der Waals surface area (Å²) in [7, 11) is 0. The van der Waals surface area contributed by atoms with Crippen LogP contribution in [0, 0.1) is 11.8 Å². The van der Waals surface area contributed by atoms with Crippen LogP contribution in [0.5, 0.6) is 0 Å². The van der Waals surface area contributed by atoms with Gasteiger partial charge in [-0.25, -0.2) is 4.99 Å². The highest BCUT2D eigenvalue weighted by atomic mass is 16.5. The van der Waals surface area contributed by atoms with E-state index in [0.717, 1.165) is 82.4 Å². The summed E-state index contributed by atoms with van der Waals surface area (Å²) in [6.07, 6.45) is 3.98. The van der Waals surface area contributed by atoms with E-state index in [0.29, 0.717) is 12.5 Å². The van der Waals surface area contributed by atoms with Crippen molar-refractivity contribution in [1.82, 2.24) is 10.6 Å². The molecule has 0 radical (unpaired) electrons. The van der Waals surface area contributed by atoms with Gasteiger partial charge in [0, 0.05) is 51.1 Å². The minimum absolute atomic E-state index is 0.00638. The molecule has 174 valence electrons. The molecule has 0 aromatic heterocycles. The molecule has 1 fully saturated rings. The lowest BCUT2D eigenvalue weighted by atomic mass is 10.0. The van der Waals surface area contributed by atoms with Gasteiger partial charge in [0.15, 0.2) is 5.96 Å². The highest BCUT2D eigenvalue weighted by molar-refractivity contribution is 5.92. The van der Waals surface area contributed by atoms with Gasteiger partial charge >= 0.3 is 0 Å². The molecular formula is C24H40N4O3. The van der Waals surface area contributed by atoms with Crippen molar-refractivity contribution in [2.24, 2.45) is 16.8 Å². The Morgan fingerprint density at radius 3 is 2.81 bits per heavy atom. The molecule has 0 aliphatic carbocycles. The lowest BCUT2D eigenvalue weighted by Crippen LogP contribution is -2.38. The van der Waals surface area contributed by atoms with Crippen LogP contribution in [-0.4, -0.2) is 51.4 Å². The Hall–Kier alpha value is -2.12. The van der Waals surface area contributed by atoms with E-state index in [1.807, 2.05) is 38.1 Å². The maximum absolute atomic E-state index is 12.1. The first-order valence-corrected chi connectivity index (χ1v) is 11.7. The molecule has 0 spiro atoms. The molecule has 1 aromatic rings. The summed E-state index contributed by atoms with van der Waals surface area (Å²) in [6.45, 7) is 11.5. The molecule has 1 unspecified atom stereocenters. The number of amides is 1. The van der Waals surface area contributed by atoms with E-state index in [1.165, 1.54) is 0 Å². The largest absolute Gasteiger partial charge is 0.381 e. The van der Waals surface area contributed by atoms with Crippen LogP contribution in [0.25, 0.3) is 0 Å². The molecule has 1 aliphatic heterocycles. The summed E-state index contributed by atoms with van der Waals surface area (Å²) in [6, 6.07) is 7.87. The quantitative estimate of drug-likeness (QED) is 0.267. The van der Waals surface area contributed by atoms with Gasteiger partial charge in [0.05, 0.1) is 6.54 Å². The van der Waals surface area contributed by atoms with Gasteiger partial charge in [0.2, 0.25) is 5.91 Å². The summed E-state index contributed by atoms with van der Waals surface area (Å²) >= 11 is 0. The zero-order chi connectivity index (χ0) is 22.3. The second kappa shape index (κ2) is 14.8. The topological polar surface area (TPSA) is 84.0 Å². The second-order valence-corrected chi connectivity index (χ2v) is 8.11. The molecule has 31 heavy (non-hydrogen) atoms. The number of nitrogens with zero attached hydrogens (tertiary/aromatic N) is 1. The second-order valence-electron chi connectivity index (χ2n) is 8.11. The summed E-state index contributed by atoms with van der Waals surface area (Å²) < 4.78 is 11.2. The van der Waals surface area contributed by atoms with Crippen LogP contribution < -0.4 is 16.0 Å². The average Bonchev–Trinajstić information content (AvgIpc) is 2.80. The highest BCUT2D eigenvalue weighted by Gasteiger charge is 2.13. The van der Waals surface area contributed by atoms with Crippen LogP contribution in [0.4, 0.5) is 5.69 Å². The van der Waals surface area contributed by atoms with Gasteiger partial charge in [0.25, 0.3) is 0 Å². The number of hydrogen-bond acceptors (Lipinski definition) is 4. The van der Waals surface area contributed by atoms with Gasteiger partial charge in [0.1, 0.15) is 0 Å². The third kappa shape index (κ3) is 10.2. The first-order chi connectivity index (χ1) is 15.1. The Morgan fingerprint density at radius 1 is 1.26 bits per heavy atom. The van der Waals surface area contributed by atoms with Gasteiger partial charge in [-0.05, 0) is 56.2 Å². The van der Waals surface area contributed by atoms with Crippen molar-refractivity contribution in [2.75, 3.05) is 44.8 Å². The van der Waals surface area contributed by atoms with Crippen LogP contribution in [0.2, 0.25) is 0 Å². The number of nitrogens with one attached hydrogen (secondary N) is 3. The first-order valence-electron chi connectivity index (χ1n) is 11.7. The predicted molar refractivity (Wildman–Crippen MR) is 126 cm³/mol. The third-order valence-corrected chi connectivity index (χ3v) is 5.47. The molecule has 0 bridgehead atoms. The van der Waals surface area contributed by atoms with Crippen molar-refractivity contribution >= 4 is 17.6 Å². The molecule has 1 atom stereocenters. The van der Waals surface area contributed by atoms with Gasteiger partial charge in [-0.15, -0.1) is 0 Å². The first kappa shape index (κ1) is 25.1. The maximum atomic E-state index is 12.1. The molecule has 1 aromatic carbocycles. The average molecular weight is 433 g/mol. The highest BCUT2D eigenvalue weighted by Crippen LogP contribution is 2.15. The van der Waals surface area contributed by atoms with Crippen molar-refractivity contribution in [3.8, 4) is 0 Å². The summed E-state index contributed by atoms with van der Waals surface area (Å²) in [5.41, 5.74) is 1.87. The number of guanidine groups is 1. The Morgan fingerprint density at radius 2 is 2.06 bits per heavy atom. The normalized spacial score (nSPS) is 16.0. The van der Waals surface area contributed by atoms with E-state index < -0.39 is 0 Å². The molecule has 1 aliphatic rings. The smallest absolute Gasteiger partial charge is 0.227 e. The molecule has 1 saturated heterocycles. The Balaban J connectivity index is 1.73. The lowest BCUT2D eigenvalue weighted by molar-refractivity contribution is -0.119. The molecule has 7 nitrogen and oxygen atoms in total. The number of aliphatic imine (C=N–C) groups is 1. The number of anilines is 1. The van der Waals surface area contributed by atoms with Crippen LogP contribution in [0.3, 0.4) is 0 Å². The SMILES string of the molecule is CCNC(=NCc1cccc(NC(=O)C(C)CC)c1)NCCCOCC1CCOCC1. The number of hydrogen-bond donors (Lipinski definition) is 3. The molecule has 7 heteroatoms. The minimum Gasteiger partial charge on any atom is -0.381 e. The fraction of sp³-hybridized carbons (Fsp3) is 0.667. The van der Waals surface area contributed by atoms with Crippen molar-refractivity contribution in [1.29, 1.82) is 0 Å². The third-order valence-electron chi connectivity index (χ3n) is 5.47. The maximum Gasteiger partial charge on any atom is 0.227 e. The minimum atomic E-state index is 0.00638. The van der Waals surface area contributed by atoms with E-state index in [-0.39, 0.29) is 11.8 Å². The van der Waals surface area contributed by atoms with Crippen molar-refractivity contribution in [2.45, 2.75) is 53.0 Å². The van der Waals surface area contributed by atoms with Gasteiger partial charge < -0.3 is 25.4 Å². The number of rotatable bonds is 12. The van der Waals surface area contributed by atoms with Gasteiger partial charge in [-0.3, -0.25) is 4.79 Å². The molecule has 1 amide bonds. The number of benzene rings is 1. The zero-order valence-corrected chi connectivity index (χ0v) is 19.4. The summed E-state index contributed by atoms with van der Waals surface area (Å²) in [5.74, 6) is 1.50. The van der Waals surface area contributed by atoms with Gasteiger partial charge in [-0.2, -0.15) is 0 Å². The number of carbonyl (C=O) groups is 1. The van der Waals surface area contributed by atoms with E-state index in [4.69, 9.17) is 9.47 Å². The zero-order valence-electron chi connectivity index (χ0n) is 19.4. The number of ether oxygens (including phenoxy) is 2.